The summed E-state index contributed by atoms with van der Waals surface area (Å²) >= 11 is 4.80. The summed E-state index contributed by atoms with van der Waals surface area (Å²) in [5.74, 6) is -0.121. The van der Waals surface area contributed by atoms with Gasteiger partial charge in [-0.3, -0.25) is 5.10 Å². The molecule has 0 bridgehead atoms. The van der Waals surface area contributed by atoms with Crippen molar-refractivity contribution in [2.45, 2.75) is 19.1 Å². The van der Waals surface area contributed by atoms with Gasteiger partial charge in [0.05, 0.1) is 6.61 Å². The molecule has 0 radical (unpaired) electrons. The van der Waals surface area contributed by atoms with Crippen LogP contribution in [0.4, 0.5) is 13.2 Å². The Hall–Kier alpha value is -0.890. The third-order valence-corrected chi connectivity index (χ3v) is 2.03. The van der Waals surface area contributed by atoms with Gasteiger partial charge in [0.25, 0.3) is 0 Å². The third kappa shape index (κ3) is 3.63. The predicted molar refractivity (Wildman–Crippen MR) is 49.0 cm³/mol. The Morgan fingerprint density at radius 2 is 2.20 bits per heavy atom. The lowest BCUT2D eigenvalue weighted by Gasteiger charge is -2.08. The van der Waals surface area contributed by atoms with E-state index in [4.69, 9.17) is 17.0 Å². The van der Waals surface area contributed by atoms with Crippen molar-refractivity contribution in [2.24, 2.45) is 0 Å². The zero-order valence-corrected chi connectivity index (χ0v) is 8.78. The van der Waals surface area contributed by atoms with Crippen LogP contribution in [0.15, 0.2) is 0 Å². The average Bonchev–Trinajstić information content (AvgIpc) is 2.42. The molecule has 0 saturated heterocycles. The van der Waals surface area contributed by atoms with Crippen LogP contribution in [0, 0.1) is 4.77 Å². The summed E-state index contributed by atoms with van der Waals surface area (Å²) in [5, 5.41) is 5.85. The summed E-state index contributed by atoms with van der Waals surface area (Å²) in [7, 11) is 1.47. The largest absolute Gasteiger partial charge is 0.396 e. The second kappa shape index (κ2) is 4.75. The van der Waals surface area contributed by atoms with Crippen molar-refractivity contribution in [1.82, 2.24) is 14.8 Å². The number of hydrogen-bond donors (Lipinski definition) is 1. The lowest BCUT2D eigenvalue weighted by atomic mass is 10.4. The van der Waals surface area contributed by atoms with Crippen LogP contribution in [0.3, 0.4) is 0 Å². The molecular weight excluding hydrogens is 231 g/mol. The number of aromatic nitrogens is 3. The third-order valence-electron chi connectivity index (χ3n) is 1.71. The smallest absolute Gasteiger partial charge is 0.383 e. The van der Waals surface area contributed by atoms with Gasteiger partial charge in [-0.2, -0.15) is 18.3 Å². The van der Waals surface area contributed by atoms with E-state index in [1.807, 2.05) is 0 Å². The number of halogens is 3. The molecule has 0 atom stereocenters. The average molecular weight is 241 g/mol. The van der Waals surface area contributed by atoms with Crippen molar-refractivity contribution in [2.75, 3.05) is 13.7 Å². The van der Waals surface area contributed by atoms with Gasteiger partial charge in [0.15, 0.2) is 4.77 Å². The van der Waals surface area contributed by atoms with Crippen molar-refractivity contribution in [3.8, 4) is 0 Å². The van der Waals surface area contributed by atoms with Gasteiger partial charge in [-0.1, -0.05) is 0 Å². The van der Waals surface area contributed by atoms with Crippen molar-refractivity contribution in [3.63, 3.8) is 0 Å². The molecule has 0 aliphatic carbocycles. The van der Waals surface area contributed by atoms with E-state index in [9.17, 15) is 13.2 Å². The first-order valence-electron chi connectivity index (χ1n) is 4.14. The molecule has 0 aliphatic rings. The van der Waals surface area contributed by atoms with Crippen LogP contribution in [0.5, 0.6) is 0 Å². The normalized spacial score (nSPS) is 12.0. The van der Waals surface area contributed by atoms with E-state index in [1.54, 1.807) is 0 Å². The molecule has 1 heterocycles. The molecule has 1 aromatic rings. The standard InChI is InChI=1S/C7H10F3N3OS/c1-14-3-2-13-5(4-7(8,9)10)11-12-6(13)15/h2-4H2,1H3,(H,12,15). The maximum atomic E-state index is 12.1. The van der Waals surface area contributed by atoms with Gasteiger partial charge in [0.1, 0.15) is 12.2 Å². The summed E-state index contributed by atoms with van der Waals surface area (Å²) in [6.07, 6.45) is -5.38. The molecule has 0 amide bonds. The second-order valence-electron chi connectivity index (χ2n) is 2.88. The van der Waals surface area contributed by atoms with E-state index in [-0.39, 0.29) is 17.1 Å². The summed E-state index contributed by atoms with van der Waals surface area (Å²) in [6.45, 7) is 0.552. The first-order chi connectivity index (χ1) is 6.94. The topological polar surface area (TPSA) is 42.8 Å². The van der Waals surface area contributed by atoms with Crippen LogP contribution in [0.25, 0.3) is 0 Å². The number of alkyl halides is 3. The molecule has 0 aliphatic heterocycles. The summed E-state index contributed by atoms with van der Waals surface area (Å²) in [4.78, 5) is 0. The first kappa shape index (κ1) is 12.2. The molecule has 1 rings (SSSR count). The van der Waals surface area contributed by atoms with Gasteiger partial charge < -0.3 is 9.30 Å². The SMILES string of the molecule is COCCn1c(CC(F)(F)F)n[nH]c1=S. The Morgan fingerprint density at radius 1 is 1.53 bits per heavy atom. The number of H-pyrrole nitrogens is 1. The van der Waals surface area contributed by atoms with Crippen LogP contribution in [-0.4, -0.2) is 34.7 Å². The van der Waals surface area contributed by atoms with E-state index in [2.05, 4.69) is 10.2 Å². The van der Waals surface area contributed by atoms with Crippen molar-refractivity contribution in [3.05, 3.63) is 10.6 Å². The quantitative estimate of drug-likeness (QED) is 0.816. The van der Waals surface area contributed by atoms with E-state index >= 15 is 0 Å². The summed E-state index contributed by atoms with van der Waals surface area (Å²) < 4.78 is 42.6. The number of rotatable bonds is 4. The Bertz CT molecular complexity index is 370. The molecule has 0 spiro atoms. The van der Waals surface area contributed by atoms with Crippen molar-refractivity contribution >= 4 is 12.2 Å². The molecule has 0 fully saturated rings. The highest BCUT2D eigenvalue weighted by molar-refractivity contribution is 7.71. The molecule has 0 aromatic carbocycles. The van der Waals surface area contributed by atoms with Gasteiger partial charge in [-0.15, -0.1) is 0 Å². The number of hydrogen-bond acceptors (Lipinski definition) is 3. The highest BCUT2D eigenvalue weighted by atomic mass is 32.1. The molecule has 4 nitrogen and oxygen atoms in total. The molecular formula is C7H10F3N3OS. The number of methoxy groups -OCH3 is 1. The van der Waals surface area contributed by atoms with E-state index in [0.717, 1.165) is 0 Å². The zero-order chi connectivity index (χ0) is 11.5. The molecule has 1 N–H and O–H groups in total. The Kier molecular flexibility index (Phi) is 3.86. The van der Waals surface area contributed by atoms with Gasteiger partial charge in [-0.25, -0.2) is 0 Å². The summed E-state index contributed by atoms with van der Waals surface area (Å²) in [5.41, 5.74) is 0. The van der Waals surface area contributed by atoms with Gasteiger partial charge in [0.2, 0.25) is 0 Å². The minimum Gasteiger partial charge on any atom is -0.383 e. The van der Waals surface area contributed by atoms with E-state index < -0.39 is 12.6 Å². The van der Waals surface area contributed by atoms with Gasteiger partial charge >= 0.3 is 6.18 Å². The first-order valence-corrected chi connectivity index (χ1v) is 4.54. The second-order valence-corrected chi connectivity index (χ2v) is 3.27. The highest BCUT2D eigenvalue weighted by Gasteiger charge is 2.30. The summed E-state index contributed by atoms with van der Waals surface area (Å²) in [6, 6.07) is 0. The minimum atomic E-state index is -4.29. The van der Waals surface area contributed by atoms with Gasteiger partial charge in [-0.05, 0) is 12.2 Å². The molecule has 86 valence electrons. The fourth-order valence-electron chi connectivity index (χ4n) is 1.08. The maximum Gasteiger partial charge on any atom is 0.396 e. The van der Waals surface area contributed by atoms with Crippen molar-refractivity contribution < 1.29 is 17.9 Å². The predicted octanol–water partition coefficient (Wildman–Crippen LogP) is 1.69. The van der Waals surface area contributed by atoms with Crippen LogP contribution in [0.1, 0.15) is 5.82 Å². The van der Waals surface area contributed by atoms with Crippen LogP contribution >= 0.6 is 12.2 Å². The Balaban J connectivity index is 2.84. The fraction of sp³-hybridized carbons (Fsp3) is 0.714. The zero-order valence-electron chi connectivity index (χ0n) is 7.97. The van der Waals surface area contributed by atoms with E-state index in [1.165, 1.54) is 11.7 Å². The lowest BCUT2D eigenvalue weighted by Crippen LogP contribution is -2.17. The van der Waals surface area contributed by atoms with Crippen LogP contribution in [0.2, 0.25) is 0 Å². The monoisotopic (exact) mass is 241 g/mol. The maximum absolute atomic E-state index is 12.1. The Morgan fingerprint density at radius 3 is 2.73 bits per heavy atom. The number of nitrogens with one attached hydrogen (secondary N) is 1. The van der Waals surface area contributed by atoms with E-state index in [0.29, 0.717) is 6.61 Å². The molecule has 15 heavy (non-hydrogen) atoms. The molecule has 8 heteroatoms. The highest BCUT2D eigenvalue weighted by Crippen LogP contribution is 2.20. The molecule has 0 saturated carbocycles. The van der Waals surface area contributed by atoms with Crippen LogP contribution in [-0.2, 0) is 17.7 Å². The van der Waals surface area contributed by atoms with Crippen LogP contribution < -0.4 is 0 Å². The van der Waals surface area contributed by atoms with Gasteiger partial charge in [0, 0.05) is 13.7 Å². The molecule has 1 aromatic heterocycles. The molecule has 0 unspecified atom stereocenters. The Labute approximate surface area is 89.1 Å². The minimum absolute atomic E-state index is 0.121. The number of nitrogens with zero attached hydrogens (tertiary/aromatic N) is 2. The lowest BCUT2D eigenvalue weighted by molar-refractivity contribution is -0.129. The number of aromatic amines is 1. The number of ether oxygens (including phenoxy) is 1. The van der Waals surface area contributed by atoms with Crippen molar-refractivity contribution in [1.29, 1.82) is 0 Å². The fourth-order valence-corrected chi connectivity index (χ4v) is 1.32.